The average Bonchev–Trinajstić information content (AvgIpc) is 2.79. The zero-order valence-corrected chi connectivity index (χ0v) is 19.4. The summed E-state index contributed by atoms with van der Waals surface area (Å²) in [5, 5.41) is 1.08. The summed E-state index contributed by atoms with van der Waals surface area (Å²) >= 11 is 12.1. The molecule has 2 aromatic carbocycles. The normalized spacial score (nSPS) is 15.4. The maximum absolute atomic E-state index is 14.5. The molecule has 0 N–H and O–H groups in total. The smallest absolute Gasteiger partial charge is 0.256 e. The number of Topliss-reactive ketones (excluding diaryl/α,β-unsaturated/α-hetero) is 1. The van der Waals surface area contributed by atoms with Gasteiger partial charge in [0.05, 0.1) is 22.9 Å². The SMILES string of the molecule is O=C1COc2cc(F)c(C(=O)N3CC(COc4ccc(Cl)cc4-c4ccc(Cl)cn4)C3)cc2C1. The number of fused-ring (bicyclic) bond motifs is 1. The van der Waals surface area contributed by atoms with Gasteiger partial charge in [-0.15, -0.1) is 0 Å². The Morgan fingerprint density at radius 1 is 1.15 bits per heavy atom. The minimum Gasteiger partial charge on any atom is -0.492 e. The number of halogens is 3. The third-order valence-corrected chi connectivity index (χ3v) is 6.28. The zero-order chi connectivity index (χ0) is 23.8. The molecule has 6 nitrogen and oxygen atoms in total. The van der Waals surface area contributed by atoms with Crippen LogP contribution in [0, 0.1) is 11.7 Å². The fourth-order valence-corrected chi connectivity index (χ4v) is 4.32. The number of rotatable bonds is 5. The molecule has 2 aliphatic heterocycles. The lowest BCUT2D eigenvalue weighted by atomic mass is 9.97. The summed E-state index contributed by atoms with van der Waals surface area (Å²) in [5.74, 6) is -0.136. The van der Waals surface area contributed by atoms with Crippen LogP contribution in [0.3, 0.4) is 0 Å². The highest BCUT2D eigenvalue weighted by molar-refractivity contribution is 6.31. The summed E-state index contributed by atoms with van der Waals surface area (Å²) < 4.78 is 25.8. The molecule has 0 atom stereocenters. The molecule has 5 rings (SSSR count). The van der Waals surface area contributed by atoms with Gasteiger partial charge >= 0.3 is 0 Å². The lowest BCUT2D eigenvalue weighted by Gasteiger charge is -2.39. The van der Waals surface area contributed by atoms with E-state index in [1.54, 1.807) is 41.4 Å². The molecule has 0 radical (unpaired) electrons. The monoisotopic (exact) mass is 500 g/mol. The first-order valence-electron chi connectivity index (χ1n) is 10.7. The largest absolute Gasteiger partial charge is 0.492 e. The van der Waals surface area contributed by atoms with E-state index in [0.717, 1.165) is 5.56 Å². The number of hydrogen-bond acceptors (Lipinski definition) is 5. The van der Waals surface area contributed by atoms with Gasteiger partial charge in [-0.3, -0.25) is 14.6 Å². The van der Waals surface area contributed by atoms with Crippen LogP contribution in [0.1, 0.15) is 15.9 Å². The van der Waals surface area contributed by atoms with Gasteiger partial charge in [-0.2, -0.15) is 0 Å². The molecule has 0 bridgehead atoms. The van der Waals surface area contributed by atoms with E-state index in [9.17, 15) is 14.0 Å². The molecular weight excluding hydrogens is 482 g/mol. The van der Waals surface area contributed by atoms with E-state index in [0.29, 0.717) is 52.5 Å². The summed E-state index contributed by atoms with van der Waals surface area (Å²) in [7, 11) is 0. The second-order valence-corrected chi connectivity index (χ2v) is 9.21. The number of benzene rings is 2. The fraction of sp³-hybridized carbons (Fsp3) is 0.240. The molecule has 0 unspecified atom stereocenters. The van der Waals surface area contributed by atoms with Crippen molar-refractivity contribution in [3.63, 3.8) is 0 Å². The van der Waals surface area contributed by atoms with E-state index >= 15 is 0 Å². The Hall–Kier alpha value is -3.16. The molecule has 174 valence electrons. The Morgan fingerprint density at radius 3 is 2.71 bits per heavy atom. The standard InChI is InChI=1S/C25H19Cl2FN2O4/c26-16-2-4-23(20(7-16)22-3-1-17(27)9-29-22)33-12-14-10-30(11-14)25(32)19-6-15-5-18(31)13-34-24(15)8-21(19)28/h1-4,6-9,14H,5,10-13H2. The summed E-state index contributed by atoms with van der Waals surface area (Å²) in [6.07, 6.45) is 1.69. The summed E-state index contributed by atoms with van der Waals surface area (Å²) in [6, 6.07) is 11.4. The molecule has 1 amide bonds. The van der Waals surface area contributed by atoms with Crippen molar-refractivity contribution in [3.05, 3.63) is 75.7 Å². The first-order valence-corrected chi connectivity index (χ1v) is 11.4. The number of ketones is 1. The van der Waals surface area contributed by atoms with Crippen LogP contribution in [0.25, 0.3) is 11.3 Å². The number of amides is 1. The second kappa shape index (κ2) is 9.24. The van der Waals surface area contributed by atoms with Crippen LogP contribution >= 0.6 is 23.2 Å². The Labute approximate surface area is 205 Å². The number of aromatic nitrogens is 1. The predicted octanol–water partition coefficient (Wildman–Crippen LogP) is 4.85. The lowest BCUT2D eigenvalue weighted by Crippen LogP contribution is -2.52. The highest BCUT2D eigenvalue weighted by Crippen LogP contribution is 2.33. The Kier molecular flexibility index (Phi) is 6.15. The van der Waals surface area contributed by atoms with E-state index in [2.05, 4.69) is 4.98 Å². The number of pyridine rings is 1. The molecule has 3 aromatic rings. The van der Waals surface area contributed by atoms with E-state index in [1.165, 1.54) is 12.1 Å². The summed E-state index contributed by atoms with van der Waals surface area (Å²) in [6.45, 7) is 1.18. The molecule has 1 fully saturated rings. The van der Waals surface area contributed by atoms with Crippen LogP contribution in [-0.2, 0) is 11.2 Å². The second-order valence-electron chi connectivity index (χ2n) is 8.33. The van der Waals surface area contributed by atoms with Crippen molar-refractivity contribution in [2.75, 3.05) is 26.3 Å². The van der Waals surface area contributed by atoms with Crippen LogP contribution in [0.4, 0.5) is 4.39 Å². The summed E-state index contributed by atoms with van der Waals surface area (Å²) in [4.78, 5) is 30.4. The molecule has 34 heavy (non-hydrogen) atoms. The van der Waals surface area contributed by atoms with Gasteiger partial charge in [0, 0.05) is 53.8 Å². The van der Waals surface area contributed by atoms with Gasteiger partial charge in [0.1, 0.15) is 23.9 Å². The fourth-order valence-electron chi connectivity index (χ4n) is 4.04. The van der Waals surface area contributed by atoms with Crippen LogP contribution < -0.4 is 9.47 Å². The van der Waals surface area contributed by atoms with Crippen molar-refractivity contribution in [2.24, 2.45) is 5.92 Å². The van der Waals surface area contributed by atoms with E-state index in [-0.39, 0.29) is 30.3 Å². The van der Waals surface area contributed by atoms with E-state index in [4.69, 9.17) is 32.7 Å². The van der Waals surface area contributed by atoms with Crippen LogP contribution in [0.15, 0.2) is 48.7 Å². The predicted molar refractivity (Wildman–Crippen MR) is 125 cm³/mol. The minimum atomic E-state index is -0.654. The van der Waals surface area contributed by atoms with Crippen molar-refractivity contribution in [1.82, 2.24) is 9.88 Å². The van der Waals surface area contributed by atoms with Gasteiger partial charge < -0.3 is 14.4 Å². The first-order chi connectivity index (χ1) is 16.4. The maximum atomic E-state index is 14.5. The van der Waals surface area contributed by atoms with E-state index < -0.39 is 11.7 Å². The van der Waals surface area contributed by atoms with Crippen LogP contribution in [-0.4, -0.2) is 47.9 Å². The van der Waals surface area contributed by atoms with Gasteiger partial charge in [-0.1, -0.05) is 23.2 Å². The third-order valence-electron chi connectivity index (χ3n) is 5.82. The van der Waals surface area contributed by atoms with E-state index in [1.807, 2.05) is 0 Å². The molecule has 2 aliphatic rings. The molecule has 1 aromatic heterocycles. The Morgan fingerprint density at radius 2 is 1.94 bits per heavy atom. The topological polar surface area (TPSA) is 68.7 Å². The van der Waals surface area contributed by atoms with Gasteiger partial charge in [0.15, 0.2) is 5.78 Å². The Bertz CT molecular complexity index is 1280. The number of hydrogen-bond donors (Lipinski definition) is 0. The average molecular weight is 501 g/mol. The number of likely N-dealkylation sites (tertiary alicyclic amines) is 1. The molecule has 3 heterocycles. The van der Waals surface area contributed by atoms with Crippen LogP contribution in [0.2, 0.25) is 10.0 Å². The molecule has 0 spiro atoms. The maximum Gasteiger partial charge on any atom is 0.256 e. The van der Waals surface area contributed by atoms with Crippen molar-refractivity contribution >= 4 is 34.9 Å². The first kappa shape index (κ1) is 22.6. The molecular formula is C25H19Cl2FN2O4. The lowest BCUT2D eigenvalue weighted by molar-refractivity contribution is -0.121. The quantitative estimate of drug-likeness (QED) is 0.500. The molecule has 9 heteroatoms. The highest BCUT2D eigenvalue weighted by atomic mass is 35.5. The summed E-state index contributed by atoms with van der Waals surface area (Å²) in [5.41, 5.74) is 1.90. The molecule has 0 saturated carbocycles. The van der Waals surface area contributed by atoms with Crippen molar-refractivity contribution in [2.45, 2.75) is 6.42 Å². The van der Waals surface area contributed by atoms with Crippen molar-refractivity contribution in [3.8, 4) is 22.8 Å². The minimum absolute atomic E-state index is 0.0507. The zero-order valence-electron chi connectivity index (χ0n) is 17.9. The number of carbonyl (C=O) groups is 2. The molecule has 1 saturated heterocycles. The third kappa shape index (κ3) is 4.58. The van der Waals surface area contributed by atoms with Gasteiger partial charge in [0.2, 0.25) is 0 Å². The number of carbonyl (C=O) groups excluding carboxylic acids is 2. The van der Waals surface area contributed by atoms with Crippen LogP contribution in [0.5, 0.6) is 11.5 Å². The molecule has 0 aliphatic carbocycles. The Balaban J connectivity index is 1.23. The van der Waals surface area contributed by atoms with Crippen molar-refractivity contribution < 1.29 is 23.5 Å². The number of nitrogens with zero attached hydrogens (tertiary/aromatic N) is 2. The number of ether oxygens (including phenoxy) is 2. The van der Waals surface area contributed by atoms with Gasteiger partial charge in [-0.05, 0) is 36.4 Å². The van der Waals surface area contributed by atoms with Gasteiger partial charge in [0.25, 0.3) is 5.91 Å². The van der Waals surface area contributed by atoms with Gasteiger partial charge in [-0.25, -0.2) is 4.39 Å². The highest BCUT2D eigenvalue weighted by Gasteiger charge is 2.34. The van der Waals surface area contributed by atoms with Crippen molar-refractivity contribution in [1.29, 1.82) is 0 Å².